The molecule has 2 N–H and O–H groups in total. The van der Waals surface area contributed by atoms with E-state index in [0.717, 1.165) is 12.0 Å². The first kappa shape index (κ1) is 18.7. The fourth-order valence-corrected chi connectivity index (χ4v) is 4.61. The molecule has 7 heteroatoms. The number of carbonyl (C=O) groups is 1. The van der Waals surface area contributed by atoms with Crippen LogP contribution in [-0.4, -0.2) is 29.4 Å². The molecule has 4 rings (SSSR count). The molecule has 2 aliphatic heterocycles. The quantitative estimate of drug-likeness (QED) is 0.783. The summed E-state index contributed by atoms with van der Waals surface area (Å²) in [6.07, 6.45) is 0.834. The van der Waals surface area contributed by atoms with Gasteiger partial charge in [-0.05, 0) is 49.1 Å². The highest BCUT2D eigenvalue weighted by atomic mass is 35.5. The highest BCUT2D eigenvalue weighted by Crippen LogP contribution is 2.38. The molecule has 0 bridgehead atoms. The van der Waals surface area contributed by atoms with Crippen molar-refractivity contribution in [2.24, 2.45) is 5.92 Å². The number of hydrogen-bond donors (Lipinski definition) is 2. The number of piperidine rings is 1. The predicted octanol–water partition coefficient (Wildman–Crippen LogP) is 4.20. The molecule has 27 heavy (non-hydrogen) atoms. The third-order valence-corrected chi connectivity index (χ3v) is 6.50. The molecule has 0 aromatic heterocycles. The molecule has 2 saturated heterocycles. The minimum absolute atomic E-state index is 0.0238. The van der Waals surface area contributed by atoms with Gasteiger partial charge in [-0.2, -0.15) is 0 Å². The topological polar surface area (TPSA) is 44.4 Å². The fraction of sp³-hybridized carbons (Fsp3) is 0.350. The maximum Gasteiger partial charge on any atom is 0.255 e. The van der Waals surface area contributed by atoms with E-state index in [1.165, 1.54) is 12.1 Å². The Morgan fingerprint density at radius 2 is 1.89 bits per heavy atom. The molecule has 1 amide bonds. The molecular weight excluding hydrogens is 388 g/mol. The summed E-state index contributed by atoms with van der Waals surface area (Å²) in [5, 5.41) is 0.669. The molecule has 2 fully saturated rings. The Hall–Kier alpha value is -1.66. The lowest BCUT2D eigenvalue weighted by Crippen LogP contribution is -2.56. The molecule has 2 aromatic rings. The van der Waals surface area contributed by atoms with E-state index in [1.807, 2.05) is 24.0 Å². The molecule has 2 aliphatic rings. The maximum absolute atomic E-state index is 13.2. The summed E-state index contributed by atoms with van der Waals surface area (Å²) in [5.41, 5.74) is 8.13. The predicted molar refractivity (Wildman–Crippen MR) is 104 cm³/mol. The molecule has 4 nitrogen and oxygen atoms in total. The van der Waals surface area contributed by atoms with Crippen LogP contribution in [0.25, 0.3) is 0 Å². The number of hydrazine groups is 1. The summed E-state index contributed by atoms with van der Waals surface area (Å²) in [7, 11) is 0. The van der Waals surface area contributed by atoms with Crippen LogP contribution in [0.3, 0.4) is 0 Å². The molecule has 4 atom stereocenters. The zero-order valence-electron chi connectivity index (χ0n) is 14.8. The number of halogens is 3. The smallest absolute Gasteiger partial charge is 0.255 e. The van der Waals surface area contributed by atoms with Crippen LogP contribution in [0.2, 0.25) is 10.0 Å². The number of likely N-dealkylation sites (tertiary alicyclic amines) is 1. The lowest BCUT2D eigenvalue weighted by molar-refractivity contribution is 0.0523. The van der Waals surface area contributed by atoms with Crippen molar-refractivity contribution in [2.45, 2.75) is 31.5 Å². The number of carbonyl (C=O) groups excluding carboxylic acids is 1. The molecule has 0 saturated carbocycles. The molecule has 142 valence electrons. The summed E-state index contributed by atoms with van der Waals surface area (Å²) in [6.45, 7) is 2.67. The van der Waals surface area contributed by atoms with Gasteiger partial charge in [-0.25, -0.2) is 9.82 Å². The van der Waals surface area contributed by atoms with Gasteiger partial charge >= 0.3 is 0 Å². The lowest BCUT2D eigenvalue weighted by Gasteiger charge is -2.41. The largest absolute Gasteiger partial charge is 0.334 e. The van der Waals surface area contributed by atoms with Crippen molar-refractivity contribution in [1.29, 1.82) is 0 Å². The number of rotatable bonds is 2. The summed E-state index contributed by atoms with van der Waals surface area (Å²) in [4.78, 5) is 14.9. The second-order valence-electron chi connectivity index (χ2n) is 7.14. The zero-order chi connectivity index (χ0) is 19.1. The van der Waals surface area contributed by atoms with Gasteiger partial charge in [-0.3, -0.25) is 10.2 Å². The normalized spacial score (nSPS) is 27.5. The van der Waals surface area contributed by atoms with E-state index in [9.17, 15) is 9.18 Å². The second kappa shape index (κ2) is 7.40. The van der Waals surface area contributed by atoms with Crippen molar-refractivity contribution in [3.05, 3.63) is 69.5 Å². The Labute approximate surface area is 167 Å². The molecule has 2 heterocycles. The van der Waals surface area contributed by atoms with Crippen LogP contribution in [0.15, 0.2) is 42.5 Å². The first-order valence-corrected chi connectivity index (χ1v) is 9.74. The third kappa shape index (κ3) is 3.34. The Morgan fingerprint density at radius 3 is 2.63 bits per heavy atom. The van der Waals surface area contributed by atoms with Gasteiger partial charge < -0.3 is 4.90 Å². The SMILES string of the molecule is CC1C2NNC(c3ccc(F)cc3)C2CCN1C(=O)c1cccc(Cl)c1Cl. The highest BCUT2D eigenvalue weighted by molar-refractivity contribution is 6.43. The lowest BCUT2D eigenvalue weighted by atomic mass is 9.80. The molecule has 0 radical (unpaired) electrons. The zero-order valence-corrected chi connectivity index (χ0v) is 16.3. The monoisotopic (exact) mass is 407 g/mol. The molecule has 2 aromatic carbocycles. The van der Waals surface area contributed by atoms with Crippen molar-refractivity contribution in [1.82, 2.24) is 15.8 Å². The maximum atomic E-state index is 13.2. The van der Waals surface area contributed by atoms with Gasteiger partial charge in [0.15, 0.2) is 0 Å². The van der Waals surface area contributed by atoms with Crippen molar-refractivity contribution >= 4 is 29.1 Å². The number of hydrogen-bond acceptors (Lipinski definition) is 3. The Balaban J connectivity index is 1.54. The van der Waals surface area contributed by atoms with E-state index < -0.39 is 0 Å². The average molecular weight is 408 g/mol. The van der Waals surface area contributed by atoms with Crippen LogP contribution in [0.5, 0.6) is 0 Å². The summed E-state index contributed by atoms with van der Waals surface area (Å²) in [5.74, 6) is -0.0433. The van der Waals surface area contributed by atoms with Gasteiger partial charge in [0.1, 0.15) is 5.82 Å². The third-order valence-electron chi connectivity index (χ3n) is 5.68. The van der Waals surface area contributed by atoms with Crippen LogP contribution in [0, 0.1) is 11.7 Å². The van der Waals surface area contributed by atoms with Crippen LogP contribution in [0.1, 0.15) is 35.3 Å². The van der Waals surface area contributed by atoms with Crippen LogP contribution in [0.4, 0.5) is 4.39 Å². The van der Waals surface area contributed by atoms with Crippen molar-refractivity contribution in [3.8, 4) is 0 Å². The van der Waals surface area contributed by atoms with E-state index in [1.54, 1.807) is 18.2 Å². The molecule has 0 aliphatic carbocycles. The fourth-order valence-electron chi connectivity index (χ4n) is 4.23. The van der Waals surface area contributed by atoms with Gasteiger partial charge in [0.2, 0.25) is 0 Å². The summed E-state index contributed by atoms with van der Waals surface area (Å²) < 4.78 is 13.2. The first-order valence-electron chi connectivity index (χ1n) is 8.99. The minimum atomic E-state index is -0.242. The van der Waals surface area contributed by atoms with Crippen LogP contribution in [-0.2, 0) is 0 Å². The first-order chi connectivity index (χ1) is 13.0. The standard InChI is InChI=1S/C20H20Cl2FN3O/c1-11-18-15(19(25-24-18)12-5-7-13(23)8-6-12)9-10-26(11)20(27)14-3-2-4-16(21)17(14)22/h2-8,11,15,18-19,24-25H,9-10H2,1H3. The van der Waals surface area contributed by atoms with Crippen molar-refractivity contribution in [3.63, 3.8) is 0 Å². The Bertz CT molecular complexity index is 861. The number of nitrogens with one attached hydrogen (secondary N) is 2. The van der Waals surface area contributed by atoms with Crippen LogP contribution < -0.4 is 10.9 Å². The number of nitrogens with zero attached hydrogens (tertiary/aromatic N) is 1. The van der Waals surface area contributed by atoms with Gasteiger partial charge in [0.25, 0.3) is 5.91 Å². The number of amides is 1. The van der Waals surface area contributed by atoms with E-state index in [-0.39, 0.29) is 29.8 Å². The Morgan fingerprint density at radius 1 is 1.15 bits per heavy atom. The highest BCUT2D eigenvalue weighted by Gasteiger charge is 2.45. The van der Waals surface area contributed by atoms with Gasteiger partial charge in [-0.15, -0.1) is 0 Å². The van der Waals surface area contributed by atoms with E-state index in [2.05, 4.69) is 10.9 Å². The average Bonchev–Trinajstić information content (AvgIpc) is 3.09. The molecule has 0 spiro atoms. The number of benzene rings is 2. The molecule has 4 unspecified atom stereocenters. The van der Waals surface area contributed by atoms with E-state index in [0.29, 0.717) is 28.1 Å². The molecular formula is C20H20Cl2FN3O. The van der Waals surface area contributed by atoms with Crippen LogP contribution >= 0.6 is 23.2 Å². The summed E-state index contributed by atoms with van der Waals surface area (Å²) >= 11 is 12.3. The van der Waals surface area contributed by atoms with Gasteiger partial charge in [0, 0.05) is 18.6 Å². The summed E-state index contributed by atoms with van der Waals surface area (Å²) in [6, 6.07) is 11.9. The minimum Gasteiger partial charge on any atom is -0.334 e. The number of fused-ring (bicyclic) bond motifs is 1. The van der Waals surface area contributed by atoms with Gasteiger partial charge in [0.05, 0.1) is 21.7 Å². The van der Waals surface area contributed by atoms with E-state index >= 15 is 0 Å². The van der Waals surface area contributed by atoms with Gasteiger partial charge in [-0.1, -0.05) is 41.4 Å². The van der Waals surface area contributed by atoms with Crippen molar-refractivity contribution < 1.29 is 9.18 Å². The van der Waals surface area contributed by atoms with E-state index in [4.69, 9.17) is 23.2 Å². The van der Waals surface area contributed by atoms with Crippen molar-refractivity contribution in [2.75, 3.05) is 6.54 Å². The second-order valence-corrected chi connectivity index (χ2v) is 7.92. The Kier molecular flexibility index (Phi) is 5.12.